The molecule has 0 aliphatic rings. The Morgan fingerprint density at radius 2 is 2.00 bits per heavy atom. The number of hydrogen-bond acceptors (Lipinski definition) is 4. The first-order valence-electron chi connectivity index (χ1n) is 7.71. The number of rotatable bonds is 11. The van der Waals surface area contributed by atoms with Gasteiger partial charge in [-0.05, 0) is 31.5 Å². The molecule has 1 aromatic rings. The van der Waals surface area contributed by atoms with Crippen molar-refractivity contribution in [2.75, 3.05) is 26.4 Å². The second-order valence-electron chi connectivity index (χ2n) is 4.75. The Bertz CT molecular complexity index is 341. The van der Waals surface area contributed by atoms with E-state index in [9.17, 15) is 0 Å². The number of ether oxygens (including phenoxy) is 2. The Balaban J connectivity index is 2.31. The number of hydrogen-bond donors (Lipinski definition) is 1. The van der Waals surface area contributed by atoms with Gasteiger partial charge in [0.05, 0.1) is 18.5 Å². The van der Waals surface area contributed by atoms with Crippen LogP contribution in [0.1, 0.15) is 51.8 Å². The van der Waals surface area contributed by atoms with Crippen LogP contribution >= 0.6 is 0 Å². The molecule has 1 unspecified atom stereocenters. The molecule has 0 bridgehead atoms. The maximum absolute atomic E-state index is 5.61. The minimum atomic E-state index is 0.325. The Morgan fingerprint density at radius 1 is 1.15 bits per heavy atom. The van der Waals surface area contributed by atoms with Crippen LogP contribution in [0, 0.1) is 0 Å². The first-order chi connectivity index (χ1) is 9.81. The molecule has 114 valence electrons. The van der Waals surface area contributed by atoms with Gasteiger partial charge in [-0.2, -0.15) is 0 Å². The van der Waals surface area contributed by atoms with Crippen molar-refractivity contribution >= 4 is 0 Å². The van der Waals surface area contributed by atoms with Gasteiger partial charge >= 0.3 is 0 Å². The molecule has 1 N–H and O–H groups in total. The minimum absolute atomic E-state index is 0.325. The first-order valence-corrected chi connectivity index (χ1v) is 7.71. The molecule has 20 heavy (non-hydrogen) atoms. The van der Waals surface area contributed by atoms with Gasteiger partial charge in [-0.25, -0.2) is 0 Å². The summed E-state index contributed by atoms with van der Waals surface area (Å²) in [6.07, 6.45) is 5.10. The second-order valence-corrected chi connectivity index (χ2v) is 4.75. The molecule has 0 fully saturated rings. The van der Waals surface area contributed by atoms with Crippen molar-refractivity contribution in [1.82, 2.24) is 10.3 Å². The van der Waals surface area contributed by atoms with Crippen molar-refractivity contribution in [1.29, 1.82) is 0 Å². The fourth-order valence-corrected chi connectivity index (χ4v) is 1.95. The van der Waals surface area contributed by atoms with E-state index in [4.69, 9.17) is 9.47 Å². The molecule has 0 saturated heterocycles. The third-order valence-corrected chi connectivity index (χ3v) is 3.11. The second kappa shape index (κ2) is 10.6. The molecule has 0 aliphatic carbocycles. The Labute approximate surface area is 122 Å². The monoisotopic (exact) mass is 280 g/mol. The number of unbranched alkanes of at least 4 members (excludes halogenated alkanes) is 1. The summed E-state index contributed by atoms with van der Waals surface area (Å²) in [7, 11) is 0. The minimum Gasteiger partial charge on any atom is -0.490 e. The Kier molecular flexibility index (Phi) is 9.00. The molecule has 4 nitrogen and oxygen atoms in total. The molecule has 4 heteroatoms. The summed E-state index contributed by atoms with van der Waals surface area (Å²) in [6.45, 7) is 9.41. The molecule has 0 aromatic carbocycles. The van der Waals surface area contributed by atoms with Crippen LogP contribution in [0.5, 0.6) is 5.75 Å². The fourth-order valence-electron chi connectivity index (χ4n) is 1.95. The van der Waals surface area contributed by atoms with Gasteiger partial charge < -0.3 is 14.8 Å². The van der Waals surface area contributed by atoms with Crippen molar-refractivity contribution in [2.24, 2.45) is 0 Å². The smallest absolute Gasteiger partial charge is 0.137 e. The van der Waals surface area contributed by atoms with E-state index in [1.165, 1.54) is 0 Å². The highest BCUT2D eigenvalue weighted by Crippen LogP contribution is 2.17. The fraction of sp³-hybridized carbons (Fsp3) is 0.688. The van der Waals surface area contributed by atoms with Crippen molar-refractivity contribution in [3.05, 3.63) is 24.0 Å². The van der Waals surface area contributed by atoms with Gasteiger partial charge in [0, 0.05) is 12.6 Å². The van der Waals surface area contributed by atoms with Crippen molar-refractivity contribution in [3.8, 4) is 5.75 Å². The largest absolute Gasteiger partial charge is 0.490 e. The number of aromatic nitrogens is 1. The molecule has 1 atom stereocenters. The van der Waals surface area contributed by atoms with Crippen LogP contribution < -0.4 is 10.1 Å². The summed E-state index contributed by atoms with van der Waals surface area (Å²) in [4.78, 5) is 4.47. The summed E-state index contributed by atoms with van der Waals surface area (Å²) >= 11 is 0. The zero-order chi connectivity index (χ0) is 14.6. The maximum Gasteiger partial charge on any atom is 0.137 e. The molecule has 1 rings (SSSR count). The zero-order valence-electron chi connectivity index (χ0n) is 13.0. The molecule has 1 heterocycles. The van der Waals surface area contributed by atoms with E-state index >= 15 is 0 Å². The summed E-state index contributed by atoms with van der Waals surface area (Å²) in [5.41, 5.74) is 1.07. The lowest BCUT2D eigenvalue weighted by atomic mass is 10.1. The summed E-state index contributed by atoms with van der Waals surface area (Å²) in [5, 5.41) is 3.42. The van der Waals surface area contributed by atoms with E-state index in [1.807, 2.05) is 12.1 Å². The lowest BCUT2D eigenvalue weighted by Gasteiger charge is -2.15. The Morgan fingerprint density at radius 3 is 2.60 bits per heavy atom. The van der Waals surface area contributed by atoms with Crippen LogP contribution in [0.4, 0.5) is 0 Å². The number of nitrogens with one attached hydrogen (secondary N) is 1. The van der Waals surface area contributed by atoms with Gasteiger partial charge in [-0.1, -0.05) is 27.2 Å². The molecule has 0 radical (unpaired) electrons. The predicted molar refractivity (Wildman–Crippen MR) is 82.2 cm³/mol. The molecule has 0 saturated carbocycles. The van der Waals surface area contributed by atoms with Crippen LogP contribution in [-0.2, 0) is 4.74 Å². The van der Waals surface area contributed by atoms with Gasteiger partial charge in [0.15, 0.2) is 0 Å². The van der Waals surface area contributed by atoms with E-state index in [0.29, 0.717) is 19.3 Å². The molecular weight excluding hydrogens is 252 g/mol. The average Bonchev–Trinajstić information content (AvgIpc) is 2.49. The summed E-state index contributed by atoms with van der Waals surface area (Å²) in [6, 6.07) is 4.34. The average molecular weight is 280 g/mol. The molecule has 0 aliphatic heterocycles. The van der Waals surface area contributed by atoms with Gasteiger partial charge in [-0.3, -0.25) is 4.98 Å². The lowest BCUT2D eigenvalue weighted by Crippen LogP contribution is -2.21. The quantitative estimate of drug-likeness (QED) is 0.631. The highest BCUT2D eigenvalue weighted by molar-refractivity contribution is 5.21. The SMILES string of the molecule is CCCCOCCOc1ccc(C(CC)NCC)nc1. The van der Waals surface area contributed by atoms with Gasteiger partial charge in [0.1, 0.15) is 12.4 Å². The topological polar surface area (TPSA) is 43.4 Å². The molecule has 0 spiro atoms. The zero-order valence-corrected chi connectivity index (χ0v) is 13.0. The van der Waals surface area contributed by atoms with Crippen LogP contribution in [0.15, 0.2) is 18.3 Å². The number of pyridine rings is 1. The van der Waals surface area contributed by atoms with E-state index in [2.05, 4.69) is 31.1 Å². The standard InChI is InChI=1S/C16H28N2O2/c1-4-7-10-19-11-12-20-14-8-9-16(18-13-14)15(5-2)17-6-3/h8-9,13,15,17H,4-7,10-12H2,1-3H3. The van der Waals surface area contributed by atoms with Crippen LogP contribution in [-0.4, -0.2) is 31.3 Å². The van der Waals surface area contributed by atoms with Crippen LogP contribution in [0.25, 0.3) is 0 Å². The predicted octanol–water partition coefficient (Wildman–Crippen LogP) is 3.34. The molecule has 1 aromatic heterocycles. The van der Waals surface area contributed by atoms with Crippen molar-refractivity contribution in [3.63, 3.8) is 0 Å². The third-order valence-electron chi connectivity index (χ3n) is 3.11. The first kappa shape index (κ1) is 16.9. The normalized spacial score (nSPS) is 12.3. The highest BCUT2D eigenvalue weighted by Gasteiger charge is 2.08. The van der Waals surface area contributed by atoms with Gasteiger partial charge in [0.2, 0.25) is 0 Å². The molecular formula is C16H28N2O2. The lowest BCUT2D eigenvalue weighted by molar-refractivity contribution is 0.0979. The number of nitrogens with zero attached hydrogens (tertiary/aromatic N) is 1. The van der Waals surface area contributed by atoms with Crippen molar-refractivity contribution in [2.45, 2.75) is 46.1 Å². The van der Waals surface area contributed by atoms with E-state index < -0.39 is 0 Å². The molecule has 0 amide bonds. The van der Waals surface area contributed by atoms with E-state index in [-0.39, 0.29) is 0 Å². The van der Waals surface area contributed by atoms with E-state index in [1.54, 1.807) is 6.20 Å². The third kappa shape index (κ3) is 6.35. The van der Waals surface area contributed by atoms with Crippen LogP contribution in [0.2, 0.25) is 0 Å². The van der Waals surface area contributed by atoms with E-state index in [0.717, 1.165) is 43.9 Å². The maximum atomic E-state index is 5.61. The summed E-state index contributed by atoms with van der Waals surface area (Å²) in [5.74, 6) is 0.805. The Hall–Kier alpha value is -1.13. The van der Waals surface area contributed by atoms with Crippen molar-refractivity contribution < 1.29 is 9.47 Å². The highest BCUT2D eigenvalue weighted by atomic mass is 16.5. The van der Waals surface area contributed by atoms with Gasteiger partial charge in [-0.15, -0.1) is 0 Å². The summed E-state index contributed by atoms with van der Waals surface area (Å²) < 4.78 is 11.1. The van der Waals surface area contributed by atoms with Gasteiger partial charge in [0.25, 0.3) is 0 Å². The van der Waals surface area contributed by atoms with Crippen LogP contribution in [0.3, 0.4) is 0 Å².